The van der Waals surface area contributed by atoms with Gasteiger partial charge >= 0.3 is 0 Å². The van der Waals surface area contributed by atoms with Crippen molar-refractivity contribution in [1.82, 2.24) is 10.6 Å². The maximum Gasteiger partial charge on any atom is 0.234 e. The van der Waals surface area contributed by atoms with Crippen LogP contribution in [0.3, 0.4) is 0 Å². The lowest BCUT2D eigenvalue weighted by molar-refractivity contribution is -0.121. The number of benzene rings is 1. The summed E-state index contributed by atoms with van der Waals surface area (Å²) in [6, 6.07) is 8.68. The first-order valence-corrected chi connectivity index (χ1v) is 7.22. The van der Waals surface area contributed by atoms with E-state index in [4.69, 9.17) is 0 Å². The highest BCUT2D eigenvalue weighted by molar-refractivity contribution is 5.78. The molecule has 1 rings (SSSR count). The highest BCUT2D eigenvalue weighted by Crippen LogP contribution is 2.06. The van der Waals surface area contributed by atoms with Crippen molar-refractivity contribution in [3.63, 3.8) is 0 Å². The molecule has 0 heterocycles. The minimum Gasteiger partial charge on any atom is -0.352 e. The molecule has 106 valence electrons. The van der Waals surface area contributed by atoms with Crippen LogP contribution in [0.1, 0.15) is 37.8 Å². The van der Waals surface area contributed by atoms with E-state index in [1.807, 2.05) is 0 Å². The lowest BCUT2D eigenvalue weighted by atomic mass is 10.1. The fraction of sp³-hybridized carbons (Fsp3) is 0.562. The standard InChI is InChI=1S/C16H26N2O/c1-4-15(5-2)18-16(19)12-17-11-10-14-9-7-6-8-13(14)3/h6-9,15,17H,4-5,10-12H2,1-3H3,(H,18,19). The predicted octanol–water partition coefficient (Wildman–Crippen LogP) is 2.43. The molecule has 1 aromatic rings. The van der Waals surface area contributed by atoms with E-state index in [1.54, 1.807) is 0 Å². The van der Waals surface area contributed by atoms with Crippen molar-refractivity contribution in [3.05, 3.63) is 35.4 Å². The molecule has 0 atom stereocenters. The smallest absolute Gasteiger partial charge is 0.234 e. The molecule has 0 aliphatic rings. The van der Waals surface area contributed by atoms with Crippen molar-refractivity contribution >= 4 is 5.91 Å². The van der Waals surface area contributed by atoms with Crippen LogP contribution in [0, 0.1) is 6.92 Å². The number of aryl methyl sites for hydroxylation is 1. The number of hydrogen-bond donors (Lipinski definition) is 2. The Hall–Kier alpha value is -1.35. The van der Waals surface area contributed by atoms with Crippen molar-refractivity contribution in [2.75, 3.05) is 13.1 Å². The largest absolute Gasteiger partial charge is 0.352 e. The van der Waals surface area contributed by atoms with Crippen molar-refractivity contribution < 1.29 is 4.79 Å². The van der Waals surface area contributed by atoms with Crippen LogP contribution in [0.5, 0.6) is 0 Å². The number of hydrogen-bond acceptors (Lipinski definition) is 2. The monoisotopic (exact) mass is 262 g/mol. The fourth-order valence-corrected chi connectivity index (χ4v) is 2.09. The molecule has 3 nitrogen and oxygen atoms in total. The van der Waals surface area contributed by atoms with Gasteiger partial charge < -0.3 is 10.6 Å². The van der Waals surface area contributed by atoms with Gasteiger partial charge in [-0.25, -0.2) is 0 Å². The second-order valence-corrected chi connectivity index (χ2v) is 4.93. The van der Waals surface area contributed by atoms with Crippen LogP contribution in [-0.2, 0) is 11.2 Å². The molecule has 0 aliphatic heterocycles. The van der Waals surface area contributed by atoms with E-state index >= 15 is 0 Å². The molecule has 19 heavy (non-hydrogen) atoms. The Morgan fingerprint density at radius 3 is 2.53 bits per heavy atom. The van der Waals surface area contributed by atoms with Gasteiger partial charge in [0.1, 0.15) is 0 Å². The van der Waals surface area contributed by atoms with Crippen LogP contribution in [0.25, 0.3) is 0 Å². The summed E-state index contributed by atoms with van der Waals surface area (Å²) < 4.78 is 0. The first-order chi connectivity index (χ1) is 9.17. The van der Waals surface area contributed by atoms with E-state index in [0.717, 1.165) is 25.8 Å². The lowest BCUT2D eigenvalue weighted by Gasteiger charge is -2.15. The van der Waals surface area contributed by atoms with Crippen LogP contribution < -0.4 is 10.6 Å². The summed E-state index contributed by atoms with van der Waals surface area (Å²) in [7, 11) is 0. The number of nitrogens with one attached hydrogen (secondary N) is 2. The molecule has 0 unspecified atom stereocenters. The lowest BCUT2D eigenvalue weighted by Crippen LogP contribution is -2.40. The zero-order valence-corrected chi connectivity index (χ0v) is 12.3. The molecule has 1 aromatic carbocycles. The molecule has 2 N–H and O–H groups in total. The summed E-state index contributed by atoms with van der Waals surface area (Å²) in [5.41, 5.74) is 2.65. The summed E-state index contributed by atoms with van der Waals surface area (Å²) >= 11 is 0. The molecule has 0 fully saturated rings. The third kappa shape index (κ3) is 5.88. The highest BCUT2D eigenvalue weighted by Gasteiger charge is 2.07. The fourth-order valence-electron chi connectivity index (χ4n) is 2.09. The van der Waals surface area contributed by atoms with Gasteiger partial charge in [-0.15, -0.1) is 0 Å². The number of rotatable bonds is 8. The van der Waals surface area contributed by atoms with E-state index in [-0.39, 0.29) is 5.91 Å². The van der Waals surface area contributed by atoms with Gasteiger partial charge in [0.15, 0.2) is 0 Å². The van der Waals surface area contributed by atoms with Gasteiger partial charge in [-0.05, 0) is 43.9 Å². The van der Waals surface area contributed by atoms with Gasteiger partial charge in [0.05, 0.1) is 6.54 Å². The molecule has 0 spiro atoms. The first-order valence-electron chi connectivity index (χ1n) is 7.22. The molecule has 0 aliphatic carbocycles. The van der Waals surface area contributed by atoms with Gasteiger partial charge in [-0.3, -0.25) is 4.79 Å². The second kappa shape index (κ2) is 8.70. The maximum atomic E-state index is 11.7. The highest BCUT2D eigenvalue weighted by atomic mass is 16.1. The molecule has 0 bridgehead atoms. The molecular formula is C16H26N2O. The van der Waals surface area contributed by atoms with Gasteiger partial charge in [-0.1, -0.05) is 38.1 Å². The van der Waals surface area contributed by atoms with Crippen LogP contribution in [-0.4, -0.2) is 25.0 Å². The summed E-state index contributed by atoms with van der Waals surface area (Å²) in [4.78, 5) is 11.7. The first kappa shape index (κ1) is 15.7. The van der Waals surface area contributed by atoms with Crippen molar-refractivity contribution in [2.45, 2.75) is 46.1 Å². The Kier molecular flexibility index (Phi) is 7.19. The number of amides is 1. The summed E-state index contributed by atoms with van der Waals surface area (Å²) in [6.45, 7) is 7.55. The van der Waals surface area contributed by atoms with Crippen molar-refractivity contribution in [2.24, 2.45) is 0 Å². The summed E-state index contributed by atoms with van der Waals surface area (Å²) in [5.74, 6) is 0.0958. The van der Waals surface area contributed by atoms with E-state index < -0.39 is 0 Å². The topological polar surface area (TPSA) is 41.1 Å². The van der Waals surface area contributed by atoms with Gasteiger partial charge in [0.25, 0.3) is 0 Å². The zero-order chi connectivity index (χ0) is 14.1. The van der Waals surface area contributed by atoms with Gasteiger partial charge in [0, 0.05) is 6.04 Å². The van der Waals surface area contributed by atoms with E-state index in [9.17, 15) is 4.79 Å². The van der Waals surface area contributed by atoms with E-state index in [2.05, 4.69) is 55.7 Å². The van der Waals surface area contributed by atoms with E-state index in [1.165, 1.54) is 11.1 Å². The molecule has 0 aromatic heterocycles. The average molecular weight is 262 g/mol. The van der Waals surface area contributed by atoms with Crippen LogP contribution in [0.15, 0.2) is 24.3 Å². The molecule has 0 saturated carbocycles. The minimum absolute atomic E-state index is 0.0958. The Morgan fingerprint density at radius 2 is 1.89 bits per heavy atom. The Balaban J connectivity index is 2.20. The third-order valence-corrected chi connectivity index (χ3v) is 3.47. The Labute approximate surface area is 116 Å². The number of carbonyl (C=O) groups excluding carboxylic acids is 1. The van der Waals surface area contributed by atoms with Gasteiger partial charge in [0.2, 0.25) is 5.91 Å². The minimum atomic E-state index is 0.0958. The van der Waals surface area contributed by atoms with Crippen LogP contribution in [0.2, 0.25) is 0 Å². The summed E-state index contributed by atoms with van der Waals surface area (Å²) in [6.07, 6.45) is 2.95. The van der Waals surface area contributed by atoms with E-state index in [0.29, 0.717) is 12.6 Å². The predicted molar refractivity (Wildman–Crippen MR) is 80.3 cm³/mol. The normalized spacial score (nSPS) is 10.7. The van der Waals surface area contributed by atoms with Gasteiger partial charge in [-0.2, -0.15) is 0 Å². The molecule has 1 amide bonds. The average Bonchev–Trinajstić information content (AvgIpc) is 2.42. The Bertz CT molecular complexity index is 386. The SMILES string of the molecule is CCC(CC)NC(=O)CNCCc1ccccc1C. The third-order valence-electron chi connectivity index (χ3n) is 3.47. The van der Waals surface area contributed by atoms with Crippen molar-refractivity contribution in [3.8, 4) is 0 Å². The molecular weight excluding hydrogens is 236 g/mol. The molecule has 0 saturated heterocycles. The molecule has 3 heteroatoms. The number of carbonyl (C=O) groups is 1. The van der Waals surface area contributed by atoms with Crippen molar-refractivity contribution in [1.29, 1.82) is 0 Å². The van der Waals surface area contributed by atoms with Crippen LogP contribution in [0.4, 0.5) is 0 Å². The summed E-state index contributed by atoms with van der Waals surface area (Å²) in [5, 5.41) is 6.23. The zero-order valence-electron chi connectivity index (χ0n) is 12.3. The van der Waals surface area contributed by atoms with Crippen LogP contribution >= 0.6 is 0 Å². The maximum absolute atomic E-state index is 11.7. The molecule has 0 radical (unpaired) electrons. The quantitative estimate of drug-likeness (QED) is 0.707. The second-order valence-electron chi connectivity index (χ2n) is 4.93. The Morgan fingerprint density at radius 1 is 1.21 bits per heavy atom.